The summed E-state index contributed by atoms with van der Waals surface area (Å²) in [5.41, 5.74) is 3.21. The molecule has 0 amide bonds. The summed E-state index contributed by atoms with van der Waals surface area (Å²) in [7, 11) is 0. The van der Waals surface area contributed by atoms with Crippen molar-refractivity contribution in [3.63, 3.8) is 0 Å². The van der Waals surface area contributed by atoms with Crippen molar-refractivity contribution < 1.29 is 4.39 Å². The Morgan fingerprint density at radius 1 is 1.29 bits per heavy atom. The maximum atomic E-state index is 14.2. The molecular weight excluding hydrogens is 305 g/mol. The molecule has 0 saturated carbocycles. The largest absolute Gasteiger partial charge is 0.366 e. The maximum absolute atomic E-state index is 14.2. The van der Waals surface area contributed by atoms with Crippen molar-refractivity contribution in [2.75, 3.05) is 5.32 Å². The van der Waals surface area contributed by atoms with E-state index in [1.807, 2.05) is 6.20 Å². The molecule has 5 nitrogen and oxygen atoms in total. The minimum atomic E-state index is -0.292. The van der Waals surface area contributed by atoms with Crippen LogP contribution >= 0.6 is 0 Å². The Bertz CT molecular complexity index is 881. The van der Waals surface area contributed by atoms with Gasteiger partial charge in [0.25, 0.3) is 0 Å². The van der Waals surface area contributed by atoms with Crippen molar-refractivity contribution in [2.45, 2.75) is 45.2 Å². The monoisotopic (exact) mass is 325 g/mol. The van der Waals surface area contributed by atoms with Crippen LogP contribution in [-0.2, 0) is 12.8 Å². The molecule has 1 unspecified atom stereocenters. The molecule has 3 aromatic rings. The van der Waals surface area contributed by atoms with Crippen LogP contribution in [0.3, 0.4) is 0 Å². The van der Waals surface area contributed by atoms with Crippen molar-refractivity contribution in [2.24, 2.45) is 0 Å². The van der Waals surface area contributed by atoms with Crippen molar-refractivity contribution >= 4 is 16.7 Å². The van der Waals surface area contributed by atoms with Crippen molar-refractivity contribution in [1.29, 1.82) is 0 Å². The van der Waals surface area contributed by atoms with Gasteiger partial charge in [-0.1, -0.05) is 6.07 Å². The van der Waals surface area contributed by atoms with Crippen LogP contribution in [0, 0.1) is 5.82 Å². The summed E-state index contributed by atoms with van der Waals surface area (Å²) < 4.78 is 16.3. The number of nitrogens with one attached hydrogen (secondary N) is 1. The topological polar surface area (TPSA) is 55.6 Å². The summed E-state index contributed by atoms with van der Waals surface area (Å²) >= 11 is 0. The number of hydrogen-bond donors (Lipinski definition) is 1. The molecule has 0 radical (unpaired) electrons. The summed E-state index contributed by atoms with van der Waals surface area (Å²) in [5.74, 6) is 0.279. The number of aromatic nitrogens is 4. The van der Waals surface area contributed by atoms with Crippen LogP contribution in [-0.4, -0.2) is 25.8 Å². The van der Waals surface area contributed by atoms with E-state index in [1.165, 1.54) is 23.7 Å². The third-order valence-corrected chi connectivity index (χ3v) is 4.63. The number of rotatable bonds is 3. The smallest absolute Gasteiger partial charge is 0.140 e. The highest BCUT2D eigenvalue weighted by Gasteiger charge is 2.24. The molecule has 0 fully saturated rings. The van der Waals surface area contributed by atoms with E-state index in [9.17, 15) is 4.39 Å². The van der Waals surface area contributed by atoms with Gasteiger partial charge in [-0.2, -0.15) is 5.10 Å². The van der Waals surface area contributed by atoms with Crippen LogP contribution in [0.15, 0.2) is 30.7 Å². The van der Waals surface area contributed by atoms with Crippen LogP contribution < -0.4 is 5.32 Å². The minimum absolute atomic E-state index is 0.212. The van der Waals surface area contributed by atoms with Gasteiger partial charge >= 0.3 is 0 Å². The first-order valence-electron chi connectivity index (χ1n) is 8.34. The molecule has 0 spiro atoms. The van der Waals surface area contributed by atoms with Gasteiger partial charge < -0.3 is 5.32 Å². The average molecular weight is 325 g/mol. The van der Waals surface area contributed by atoms with Gasteiger partial charge in [-0.05, 0) is 44.4 Å². The van der Waals surface area contributed by atoms with Gasteiger partial charge in [0, 0.05) is 24.2 Å². The zero-order valence-corrected chi connectivity index (χ0v) is 13.8. The van der Waals surface area contributed by atoms with Crippen LogP contribution in [0.2, 0.25) is 0 Å². The lowest BCUT2D eigenvalue weighted by Gasteiger charge is -2.26. The Morgan fingerprint density at radius 3 is 3.00 bits per heavy atom. The molecule has 2 aromatic heterocycles. The highest BCUT2D eigenvalue weighted by Crippen LogP contribution is 2.28. The first kappa shape index (κ1) is 15.1. The number of fused-ring (bicyclic) bond motifs is 2. The van der Waals surface area contributed by atoms with Crippen molar-refractivity contribution in [3.05, 3.63) is 47.8 Å². The lowest BCUT2D eigenvalue weighted by Crippen LogP contribution is -2.29. The first-order chi connectivity index (χ1) is 11.6. The Hall–Kier alpha value is -2.50. The SMILES string of the molecule is CC(C)n1ncc2c1CC(Nc1ncnc3cccc(F)c13)CC2. The lowest BCUT2D eigenvalue weighted by molar-refractivity contribution is 0.484. The van der Waals surface area contributed by atoms with E-state index < -0.39 is 0 Å². The molecule has 6 heteroatoms. The minimum Gasteiger partial charge on any atom is -0.366 e. The Labute approximate surface area is 139 Å². The fraction of sp³-hybridized carbons (Fsp3) is 0.389. The molecule has 2 heterocycles. The second-order valence-electron chi connectivity index (χ2n) is 6.60. The molecule has 1 aliphatic rings. The zero-order valence-electron chi connectivity index (χ0n) is 13.8. The summed E-state index contributed by atoms with van der Waals surface area (Å²) in [6, 6.07) is 5.47. The van der Waals surface area contributed by atoms with Gasteiger partial charge in [-0.15, -0.1) is 0 Å². The third kappa shape index (κ3) is 2.52. The van der Waals surface area contributed by atoms with E-state index in [4.69, 9.17) is 0 Å². The summed E-state index contributed by atoms with van der Waals surface area (Å²) in [4.78, 5) is 8.43. The summed E-state index contributed by atoms with van der Waals surface area (Å²) in [6.07, 6.45) is 6.29. The molecule has 1 atom stereocenters. The number of hydrogen-bond acceptors (Lipinski definition) is 4. The van der Waals surface area contributed by atoms with Crippen molar-refractivity contribution in [3.8, 4) is 0 Å². The quantitative estimate of drug-likeness (QED) is 0.800. The number of benzene rings is 1. The molecule has 124 valence electrons. The highest BCUT2D eigenvalue weighted by molar-refractivity contribution is 5.89. The predicted molar refractivity (Wildman–Crippen MR) is 91.5 cm³/mol. The number of anilines is 1. The summed E-state index contributed by atoms with van der Waals surface area (Å²) in [6.45, 7) is 4.27. The molecule has 24 heavy (non-hydrogen) atoms. The van der Waals surface area contributed by atoms with Crippen LogP contribution in [0.4, 0.5) is 10.2 Å². The maximum Gasteiger partial charge on any atom is 0.140 e. The van der Waals surface area contributed by atoms with E-state index in [0.29, 0.717) is 22.8 Å². The van der Waals surface area contributed by atoms with E-state index in [1.54, 1.807) is 12.1 Å². The van der Waals surface area contributed by atoms with Crippen LogP contribution in [0.5, 0.6) is 0 Å². The van der Waals surface area contributed by atoms with Gasteiger partial charge in [0.15, 0.2) is 0 Å². The molecule has 4 rings (SSSR count). The second kappa shape index (κ2) is 5.85. The summed E-state index contributed by atoms with van der Waals surface area (Å²) in [5, 5.41) is 8.40. The normalized spacial score (nSPS) is 17.2. The molecule has 1 N–H and O–H groups in total. The van der Waals surface area contributed by atoms with Gasteiger partial charge in [-0.25, -0.2) is 14.4 Å². The van der Waals surface area contributed by atoms with E-state index in [-0.39, 0.29) is 11.9 Å². The fourth-order valence-corrected chi connectivity index (χ4v) is 3.46. The molecule has 0 aliphatic heterocycles. The zero-order chi connectivity index (χ0) is 16.7. The Kier molecular flexibility index (Phi) is 3.67. The second-order valence-corrected chi connectivity index (χ2v) is 6.60. The average Bonchev–Trinajstić information content (AvgIpc) is 2.98. The molecule has 1 aromatic carbocycles. The van der Waals surface area contributed by atoms with E-state index in [2.05, 4.69) is 38.9 Å². The van der Waals surface area contributed by atoms with E-state index in [0.717, 1.165) is 19.3 Å². The van der Waals surface area contributed by atoms with Crippen LogP contribution in [0.25, 0.3) is 10.9 Å². The Morgan fingerprint density at radius 2 is 2.17 bits per heavy atom. The van der Waals surface area contributed by atoms with Crippen LogP contribution in [0.1, 0.15) is 37.6 Å². The van der Waals surface area contributed by atoms with E-state index >= 15 is 0 Å². The number of aryl methyl sites for hydroxylation is 1. The first-order valence-corrected chi connectivity index (χ1v) is 8.34. The fourth-order valence-electron chi connectivity index (χ4n) is 3.46. The number of halogens is 1. The number of nitrogens with zero attached hydrogens (tertiary/aromatic N) is 4. The molecule has 0 bridgehead atoms. The third-order valence-electron chi connectivity index (χ3n) is 4.63. The van der Waals surface area contributed by atoms with Gasteiger partial charge in [0.05, 0.1) is 17.1 Å². The molecular formula is C18H20FN5. The van der Waals surface area contributed by atoms with Gasteiger partial charge in [0.1, 0.15) is 18.0 Å². The lowest BCUT2D eigenvalue weighted by atomic mass is 9.93. The van der Waals surface area contributed by atoms with Gasteiger partial charge in [0.2, 0.25) is 0 Å². The predicted octanol–water partition coefficient (Wildman–Crippen LogP) is 3.52. The standard InChI is InChI=1S/C18H20FN5/c1-11(2)24-16-8-13(7-6-12(16)9-22-24)23-18-17-14(19)4-3-5-15(17)20-10-21-18/h3-5,9-11,13H,6-8H2,1-2H3,(H,20,21,23). The molecule has 1 aliphatic carbocycles. The molecule has 0 saturated heterocycles. The van der Waals surface area contributed by atoms with Crippen molar-refractivity contribution in [1.82, 2.24) is 19.7 Å². The Balaban J connectivity index is 1.64. The highest BCUT2D eigenvalue weighted by atomic mass is 19.1. The van der Waals surface area contributed by atoms with Gasteiger partial charge in [-0.3, -0.25) is 4.68 Å².